The number of carbonyl (C=O) groups excluding carboxylic acids is 1. The molecule has 0 saturated carbocycles. The maximum absolute atomic E-state index is 12.2. The molecule has 0 unspecified atom stereocenters. The third kappa shape index (κ3) is 3.58. The van der Waals surface area contributed by atoms with Crippen LogP contribution in [0.15, 0.2) is 51.4 Å². The maximum atomic E-state index is 12.2. The summed E-state index contributed by atoms with van der Waals surface area (Å²) in [7, 11) is 1.54. The minimum Gasteiger partial charge on any atom is -0.496 e. The molecule has 0 aliphatic rings. The Bertz CT molecular complexity index is 614. The summed E-state index contributed by atoms with van der Waals surface area (Å²) in [6, 6.07) is 12.7. The molecule has 1 N–H and O–H groups in total. The van der Waals surface area contributed by atoms with E-state index in [4.69, 9.17) is 4.74 Å². The molecule has 0 aromatic heterocycles. The average Bonchev–Trinajstić information content (AvgIpc) is 2.38. The Morgan fingerprint density at radius 1 is 1.11 bits per heavy atom. The van der Waals surface area contributed by atoms with E-state index in [1.165, 1.54) is 0 Å². The number of halogens is 2. The van der Waals surface area contributed by atoms with Crippen LogP contribution in [0.25, 0.3) is 0 Å². The predicted molar refractivity (Wildman–Crippen MR) is 82.8 cm³/mol. The van der Waals surface area contributed by atoms with Crippen molar-refractivity contribution < 1.29 is 9.53 Å². The third-order valence-electron chi connectivity index (χ3n) is 2.49. The van der Waals surface area contributed by atoms with Gasteiger partial charge in [0, 0.05) is 14.6 Å². The molecule has 0 spiro atoms. The van der Waals surface area contributed by atoms with E-state index in [0.29, 0.717) is 11.3 Å². The summed E-state index contributed by atoms with van der Waals surface area (Å²) in [5.74, 6) is 0.326. The second-order valence-corrected chi connectivity index (χ2v) is 5.64. The summed E-state index contributed by atoms with van der Waals surface area (Å²) < 4.78 is 6.93. The van der Waals surface area contributed by atoms with Crippen LogP contribution in [0, 0.1) is 0 Å². The first-order valence-electron chi connectivity index (χ1n) is 5.50. The van der Waals surface area contributed by atoms with Gasteiger partial charge < -0.3 is 10.1 Å². The molecule has 0 aliphatic carbocycles. The molecule has 0 radical (unpaired) electrons. The molecule has 3 nitrogen and oxygen atoms in total. The van der Waals surface area contributed by atoms with Crippen molar-refractivity contribution in [1.82, 2.24) is 0 Å². The fraction of sp³-hybridized carbons (Fsp3) is 0.0714. The number of hydrogen-bond acceptors (Lipinski definition) is 2. The molecule has 0 atom stereocenters. The van der Waals surface area contributed by atoms with Gasteiger partial charge in [-0.05, 0) is 36.4 Å². The Labute approximate surface area is 128 Å². The molecular formula is C14H11Br2NO2. The summed E-state index contributed by atoms with van der Waals surface area (Å²) >= 11 is 6.71. The molecule has 98 valence electrons. The molecule has 1 amide bonds. The highest BCUT2D eigenvalue weighted by Gasteiger charge is 2.13. The van der Waals surface area contributed by atoms with Crippen LogP contribution in [0.3, 0.4) is 0 Å². The number of carbonyl (C=O) groups is 1. The van der Waals surface area contributed by atoms with Crippen molar-refractivity contribution >= 4 is 43.5 Å². The smallest absolute Gasteiger partial charge is 0.259 e. The third-order valence-corrected chi connectivity index (χ3v) is 3.48. The number of nitrogens with one attached hydrogen (secondary N) is 1. The zero-order valence-corrected chi connectivity index (χ0v) is 13.3. The van der Waals surface area contributed by atoms with E-state index < -0.39 is 0 Å². The van der Waals surface area contributed by atoms with Crippen molar-refractivity contribution in [3.8, 4) is 5.75 Å². The number of anilines is 1. The Balaban J connectivity index is 2.27. The fourth-order valence-corrected chi connectivity index (χ4v) is 2.38. The van der Waals surface area contributed by atoms with Crippen LogP contribution in [0.1, 0.15) is 10.4 Å². The minimum absolute atomic E-state index is 0.212. The van der Waals surface area contributed by atoms with Gasteiger partial charge in [-0.2, -0.15) is 0 Å². The summed E-state index contributed by atoms with van der Waals surface area (Å²) in [5.41, 5.74) is 1.21. The zero-order chi connectivity index (χ0) is 13.8. The highest BCUT2D eigenvalue weighted by Crippen LogP contribution is 2.24. The lowest BCUT2D eigenvalue weighted by molar-refractivity contribution is 0.102. The lowest BCUT2D eigenvalue weighted by atomic mass is 10.2. The highest BCUT2D eigenvalue weighted by atomic mass is 79.9. The molecule has 2 aromatic carbocycles. The average molecular weight is 385 g/mol. The second-order valence-electron chi connectivity index (χ2n) is 3.81. The first-order valence-corrected chi connectivity index (χ1v) is 7.09. The Hall–Kier alpha value is -1.33. The quantitative estimate of drug-likeness (QED) is 0.847. The molecule has 0 bridgehead atoms. The van der Waals surface area contributed by atoms with E-state index in [1.807, 2.05) is 30.3 Å². The lowest BCUT2D eigenvalue weighted by Crippen LogP contribution is -2.13. The van der Waals surface area contributed by atoms with Crippen LogP contribution < -0.4 is 10.1 Å². The monoisotopic (exact) mass is 383 g/mol. The van der Waals surface area contributed by atoms with Gasteiger partial charge >= 0.3 is 0 Å². The topological polar surface area (TPSA) is 38.3 Å². The van der Waals surface area contributed by atoms with Gasteiger partial charge in [0.1, 0.15) is 5.75 Å². The zero-order valence-electron chi connectivity index (χ0n) is 10.1. The van der Waals surface area contributed by atoms with E-state index in [9.17, 15) is 4.79 Å². The van der Waals surface area contributed by atoms with Crippen molar-refractivity contribution in [1.29, 1.82) is 0 Å². The number of benzene rings is 2. The number of rotatable bonds is 3. The molecule has 2 rings (SSSR count). The Morgan fingerprint density at radius 2 is 1.84 bits per heavy atom. The number of amides is 1. The first-order chi connectivity index (χ1) is 9.10. The largest absolute Gasteiger partial charge is 0.496 e. The molecule has 5 heteroatoms. The van der Waals surface area contributed by atoms with E-state index in [0.717, 1.165) is 14.6 Å². The number of methoxy groups -OCH3 is 1. The van der Waals surface area contributed by atoms with Gasteiger partial charge in [-0.15, -0.1) is 0 Å². The van der Waals surface area contributed by atoms with Crippen molar-refractivity contribution in [2.24, 2.45) is 0 Å². The van der Waals surface area contributed by atoms with Crippen LogP contribution in [-0.4, -0.2) is 13.0 Å². The summed E-state index contributed by atoms with van der Waals surface area (Å²) in [6.07, 6.45) is 0. The van der Waals surface area contributed by atoms with Crippen molar-refractivity contribution in [2.75, 3.05) is 12.4 Å². The summed E-state index contributed by atoms with van der Waals surface area (Å²) in [5, 5.41) is 2.83. The van der Waals surface area contributed by atoms with Gasteiger partial charge in [0.25, 0.3) is 5.91 Å². The van der Waals surface area contributed by atoms with E-state index in [-0.39, 0.29) is 5.91 Å². The molecule has 0 heterocycles. The number of hydrogen-bond donors (Lipinski definition) is 1. The minimum atomic E-state index is -0.212. The fourth-order valence-electron chi connectivity index (χ4n) is 1.62. The van der Waals surface area contributed by atoms with Gasteiger partial charge in [0.15, 0.2) is 0 Å². The molecule has 0 saturated heterocycles. The van der Waals surface area contributed by atoms with Gasteiger partial charge in [0.05, 0.1) is 12.7 Å². The molecule has 0 aliphatic heterocycles. The van der Waals surface area contributed by atoms with Crippen LogP contribution in [0.4, 0.5) is 5.69 Å². The Kier molecular flexibility index (Phi) is 4.61. The van der Waals surface area contributed by atoms with Crippen molar-refractivity contribution in [3.05, 3.63) is 57.0 Å². The molecule has 2 aromatic rings. The first kappa shape index (κ1) is 14.1. The van der Waals surface area contributed by atoms with E-state index in [1.54, 1.807) is 19.2 Å². The highest BCUT2D eigenvalue weighted by molar-refractivity contribution is 9.10. The Morgan fingerprint density at radius 3 is 2.53 bits per heavy atom. The number of ether oxygens (including phenoxy) is 1. The van der Waals surface area contributed by atoms with Crippen LogP contribution in [-0.2, 0) is 0 Å². The second kappa shape index (κ2) is 6.21. The molecule has 19 heavy (non-hydrogen) atoms. The van der Waals surface area contributed by atoms with Gasteiger partial charge in [0.2, 0.25) is 0 Å². The standard InChI is InChI=1S/C14H11Br2NO2/c1-19-13-6-5-10(16)8-12(13)14(18)17-11-4-2-3-9(15)7-11/h2-8H,1H3,(H,17,18). The summed E-state index contributed by atoms with van der Waals surface area (Å²) in [6.45, 7) is 0. The van der Waals surface area contributed by atoms with E-state index >= 15 is 0 Å². The van der Waals surface area contributed by atoms with Crippen LogP contribution >= 0.6 is 31.9 Å². The van der Waals surface area contributed by atoms with Gasteiger partial charge in [-0.25, -0.2) is 0 Å². The molecule has 0 fully saturated rings. The van der Waals surface area contributed by atoms with E-state index in [2.05, 4.69) is 37.2 Å². The lowest BCUT2D eigenvalue weighted by Gasteiger charge is -2.10. The van der Waals surface area contributed by atoms with Gasteiger partial charge in [-0.3, -0.25) is 4.79 Å². The van der Waals surface area contributed by atoms with Crippen LogP contribution in [0.5, 0.6) is 5.75 Å². The SMILES string of the molecule is COc1ccc(Br)cc1C(=O)Nc1cccc(Br)c1. The normalized spacial score (nSPS) is 10.1. The van der Waals surface area contributed by atoms with Crippen molar-refractivity contribution in [2.45, 2.75) is 0 Å². The van der Waals surface area contributed by atoms with Gasteiger partial charge in [-0.1, -0.05) is 37.9 Å². The maximum Gasteiger partial charge on any atom is 0.259 e. The predicted octanol–water partition coefficient (Wildman–Crippen LogP) is 4.47. The molecular weight excluding hydrogens is 374 g/mol. The summed E-state index contributed by atoms with van der Waals surface area (Å²) in [4.78, 5) is 12.2. The van der Waals surface area contributed by atoms with Crippen LogP contribution in [0.2, 0.25) is 0 Å². The van der Waals surface area contributed by atoms with Crippen molar-refractivity contribution in [3.63, 3.8) is 0 Å².